The van der Waals surface area contributed by atoms with E-state index in [0.717, 1.165) is 11.8 Å². The fraction of sp³-hybridized carbons (Fsp3) is 0.765. The molecule has 1 N–H and O–H groups in total. The SMILES string of the molecule is CC(Nc1nccn(C(C)(C)C)c1=O)C1CC2CCC1C2. The molecular formula is C17H27N3O. The van der Waals surface area contributed by atoms with Crippen LogP contribution in [0, 0.1) is 17.8 Å². The van der Waals surface area contributed by atoms with Crippen LogP contribution in [0.2, 0.25) is 0 Å². The van der Waals surface area contributed by atoms with Crippen molar-refractivity contribution < 1.29 is 0 Å². The van der Waals surface area contributed by atoms with Crippen LogP contribution in [-0.2, 0) is 5.54 Å². The van der Waals surface area contributed by atoms with Gasteiger partial charge in [0.1, 0.15) is 0 Å². The summed E-state index contributed by atoms with van der Waals surface area (Å²) in [6.45, 7) is 8.33. The Hall–Kier alpha value is -1.32. The van der Waals surface area contributed by atoms with E-state index < -0.39 is 0 Å². The van der Waals surface area contributed by atoms with E-state index in [1.807, 2.05) is 20.8 Å². The Morgan fingerprint density at radius 1 is 1.33 bits per heavy atom. The molecule has 2 saturated carbocycles. The van der Waals surface area contributed by atoms with Crippen molar-refractivity contribution in [2.24, 2.45) is 17.8 Å². The van der Waals surface area contributed by atoms with E-state index in [-0.39, 0.29) is 11.1 Å². The average Bonchev–Trinajstić information content (AvgIpc) is 3.02. The van der Waals surface area contributed by atoms with Gasteiger partial charge in [-0.15, -0.1) is 0 Å². The molecule has 1 aromatic rings. The van der Waals surface area contributed by atoms with Crippen molar-refractivity contribution in [1.82, 2.24) is 9.55 Å². The predicted molar refractivity (Wildman–Crippen MR) is 85.5 cm³/mol. The molecule has 1 heterocycles. The van der Waals surface area contributed by atoms with Crippen LogP contribution >= 0.6 is 0 Å². The van der Waals surface area contributed by atoms with Gasteiger partial charge in [0.05, 0.1) is 0 Å². The second-order valence-corrected chi connectivity index (χ2v) is 7.89. The van der Waals surface area contributed by atoms with E-state index in [4.69, 9.17) is 0 Å². The lowest BCUT2D eigenvalue weighted by molar-refractivity contribution is 0.303. The third kappa shape index (κ3) is 2.72. The quantitative estimate of drug-likeness (QED) is 0.929. The van der Waals surface area contributed by atoms with Crippen LogP contribution < -0.4 is 10.9 Å². The van der Waals surface area contributed by atoms with Gasteiger partial charge in [-0.1, -0.05) is 6.42 Å². The highest BCUT2D eigenvalue weighted by Crippen LogP contribution is 2.49. The molecule has 4 unspecified atom stereocenters. The molecule has 2 aliphatic carbocycles. The summed E-state index contributed by atoms with van der Waals surface area (Å²) in [7, 11) is 0. The van der Waals surface area contributed by atoms with Crippen LogP contribution in [0.5, 0.6) is 0 Å². The number of nitrogens with zero attached hydrogens (tertiary/aromatic N) is 2. The molecule has 2 bridgehead atoms. The van der Waals surface area contributed by atoms with Gasteiger partial charge in [-0.2, -0.15) is 0 Å². The topological polar surface area (TPSA) is 46.9 Å². The lowest BCUT2D eigenvalue weighted by Crippen LogP contribution is -2.38. The van der Waals surface area contributed by atoms with E-state index in [0.29, 0.717) is 17.8 Å². The summed E-state index contributed by atoms with van der Waals surface area (Å²) in [6, 6.07) is 0.330. The van der Waals surface area contributed by atoms with Crippen LogP contribution in [0.4, 0.5) is 5.82 Å². The normalized spacial score (nSPS) is 29.6. The summed E-state index contributed by atoms with van der Waals surface area (Å²) in [5.41, 5.74) is -0.230. The number of hydrogen-bond donors (Lipinski definition) is 1. The highest BCUT2D eigenvalue weighted by molar-refractivity contribution is 5.33. The molecule has 116 valence electrons. The maximum absolute atomic E-state index is 12.6. The molecule has 0 radical (unpaired) electrons. The zero-order valence-electron chi connectivity index (χ0n) is 13.6. The smallest absolute Gasteiger partial charge is 0.293 e. The summed E-state index contributed by atoms with van der Waals surface area (Å²) >= 11 is 0. The maximum atomic E-state index is 12.6. The molecule has 2 fully saturated rings. The van der Waals surface area contributed by atoms with Gasteiger partial charge in [0.15, 0.2) is 5.82 Å². The van der Waals surface area contributed by atoms with Crippen molar-refractivity contribution in [3.8, 4) is 0 Å². The number of nitrogens with one attached hydrogen (secondary N) is 1. The molecule has 3 rings (SSSR count). The zero-order chi connectivity index (χ0) is 15.2. The van der Waals surface area contributed by atoms with E-state index in [1.54, 1.807) is 17.0 Å². The highest BCUT2D eigenvalue weighted by Gasteiger charge is 2.42. The number of rotatable bonds is 3. The van der Waals surface area contributed by atoms with Gasteiger partial charge in [0, 0.05) is 24.0 Å². The largest absolute Gasteiger partial charge is 0.363 e. The lowest BCUT2D eigenvalue weighted by Gasteiger charge is -2.29. The van der Waals surface area contributed by atoms with E-state index in [9.17, 15) is 4.79 Å². The molecule has 0 aliphatic heterocycles. The molecule has 0 saturated heterocycles. The molecule has 0 spiro atoms. The fourth-order valence-corrected chi connectivity index (χ4v) is 4.27. The molecule has 4 atom stereocenters. The minimum atomic E-state index is -0.216. The van der Waals surface area contributed by atoms with Gasteiger partial charge in [0.2, 0.25) is 0 Å². The Bertz CT molecular complexity index is 572. The summed E-state index contributed by atoms with van der Waals surface area (Å²) in [5.74, 6) is 2.99. The highest BCUT2D eigenvalue weighted by atomic mass is 16.1. The predicted octanol–water partition coefficient (Wildman–Crippen LogP) is 3.23. The average molecular weight is 289 g/mol. The third-order valence-electron chi connectivity index (χ3n) is 5.36. The van der Waals surface area contributed by atoms with E-state index >= 15 is 0 Å². The van der Waals surface area contributed by atoms with Gasteiger partial charge < -0.3 is 9.88 Å². The van der Waals surface area contributed by atoms with Crippen molar-refractivity contribution >= 4 is 5.82 Å². The molecular weight excluding hydrogens is 262 g/mol. The van der Waals surface area contributed by atoms with Gasteiger partial charge in [-0.05, 0) is 64.7 Å². The minimum absolute atomic E-state index is 0.0139. The second kappa shape index (κ2) is 5.15. The third-order valence-corrected chi connectivity index (χ3v) is 5.36. The van der Waals surface area contributed by atoms with Gasteiger partial charge in [-0.25, -0.2) is 4.98 Å². The van der Waals surface area contributed by atoms with E-state index in [1.165, 1.54) is 25.7 Å². The van der Waals surface area contributed by atoms with Crippen molar-refractivity contribution in [2.45, 2.75) is 65.0 Å². The standard InChI is InChI=1S/C17H27N3O/c1-11(14-10-12-5-6-13(14)9-12)19-15-16(21)20(8-7-18-15)17(2,3)4/h7-8,11-14H,5-6,9-10H2,1-4H3,(H,18,19). The first-order valence-electron chi connectivity index (χ1n) is 8.21. The maximum Gasteiger partial charge on any atom is 0.293 e. The minimum Gasteiger partial charge on any atom is -0.363 e. The first-order chi connectivity index (χ1) is 9.86. The van der Waals surface area contributed by atoms with Crippen LogP contribution in [-0.4, -0.2) is 15.6 Å². The van der Waals surface area contributed by atoms with Gasteiger partial charge >= 0.3 is 0 Å². The molecule has 0 aromatic carbocycles. The molecule has 0 amide bonds. The Morgan fingerprint density at radius 2 is 2.10 bits per heavy atom. The van der Waals surface area contributed by atoms with Crippen LogP contribution in [0.1, 0.15) is 53.4 Å². The van der Waals surface area contributed by atoms with Crippen LogP contribution in [0.3, 0.4) is 0 Å². The number of aromatic nitrogens is 2. The van der Waals surface area contributed by atoms with Crippen molar-refractivity contribution in [3.63, 3.8) is 0 Å². The molecule has 4 nitrogen and oxygen atoms in total. The van der Waals surface area contributed by atoms with Crippen molar-refractivity contribution in [2.75, 3.05) is 5.32 Å². The summed E-state index contributed by atoms with van der Waals surface area (Å²) in [4.78, 5) is 16.8. The lowest BCUT2D eigenvalue weighted by atomic mass is 9.84. The zero-order valence-corrected chi connectivity index (χ0v) is 13.6. The number of hydrogen-bond acceptors (Lipinski definition) is 3. The summed E-state index contributed by atoms with van der Waals surface area (Å²) in [5, 5.41) is 3.40. The second-order valence-electron chi connectivity index (χ2n) is 7.89. The van der Waals surface area contributed by atoms with Crippen molar-refractivity contribution in [3.05, 3.63) is 22.7 Å². The van der Waals surface area contributed by atoms with Gasteiger partial charge in [-0.3, -0.25) is 4.79 Å². The summed E-state index contributed by atoms with van der Waals surface area (Å²) in [6.07, 6.45) is 8.99. The Labute approximate surface area is 127 Å². The number of anilines is 1. The molecule has 2 aliphatic rings. The Kier molecular flexibility index (Phi) is 3.58. The van der Waals surface area contributed by atoms with Crippen LogP contribution in [0.15, 0.2) is 17.2 Å². The first kappa shape index (κ1) is 14.6. The number of fused-ring (bicyclic) bond motifs is 2. The van der Waals surface area contributed by atoms with Crippen molar-refractivity contribution in [1.29, 1.82) is 0 Å². The van der Waals surface area contributed by atoms with Crippen LogP contribution in [0.25, 0.3) is 0 Å². The summed E-state index contributed by atoms with van der Waals surface area (Å²) < 4.78 is 1.76. The Balaban J connectivity index is 1.78. The van der Waals surface area contributed by atoms with E-state index in [2.05, 4.69) is 17.2 Å². The molecule has 1 aromatic heterocycles. The van der Waals surface area contributed by atoms with Gasteiger partial charge in [0.25, 0.3) is 5.56 Å². The monoisotopic (exact) mass is 289 g/mol. The molecule has 21 heavy (non-hydrogen) atoms. The fourth-order valence-electron chi connectivity index (χ4n) is 4.27. The first-order valence-corrected chi connectivity index (χ1v) is 8.21. The molecule has 4 heteroatoms. The Morgan fingerprint density at radius 3 is 2.67 bits per heavy atom.